The zero-order valence-corrected chi connectivity index (χ0v) is 14.9. The Bertz CT molecular complexity index is 658. The summed E-state index contributed by atoms with van der Waals surface area (Å²) in [5.74, 6) is 1.24. The van der Waals surface area contributed by atoms with Gasteiger partial charge in [0.15, 0.2) is 0 Å². The lowest BCUT2D eigenvalue weighted by Gasteiger charge is -2.64. The predicted molar refractivity (Wildman–Crippen MR) is 90.1 cm³/mol. The van der Waals surface area contributed by atoms with E-state index < -0.39 is 11.7 Å². The van der Waals surface area contributed by atoms with E-state index >= 15 is 0 Å². The molecule has 3 unspecified atom stereocenters. The Hall–Kier alpha value is -1.01. The van der Waals surface area contributed by atoms with Gasteiger partial charge >= 0.3 is 13.3 Å². The molecule has 1 saturated heterocycles. The molecule has 5 rings (SSSR count). The van der Waals surface area contributed by atoms with Crippen molar-refractivity contribution in [3.8, 4) is 0 Å². The molecular weight excluding hydrogens is 328 g/mol. The van der Waals surface area contributed by atoms with Crippen molar-refractivity contribution in [2.75, 3.05) is 0 Å². The molecule has 1 heterocycles. The first-order valence-electron chi connectivity index (χ1n) is 9.10. The summed E-state index contributed by atoms with van der Waals surface area (Å²) in [5.41, 5.74) is 0.370. The quantitative estimate of drug-likeness (QED) is 0.715. The van der Waals surface area contributed by atoms with Gasteiger partial charge in [0.1, 0.15) is 0 Å². The SMILES string of the molecule is CC1(C)C2CC3OB(CCc4ccc(C(F)(F)F)cc4)O[C@@]3(C)C1C2. The molecule has 4 atom stereocenters. The number of alkyl halides is 3. The van der Waals surface area contributed by atoms with Crippen LogP contribution in [0.25, 0.3) is 0 Å². The van der Waals surface area contributed by atoms with Crippen LogP contribution in [0.1, 0.15) is 44.7 Å². The lowest BCUT2D eigenvalue weighted by atomic mass is 9.43. The molecule has 4 fully saturated rings. The van der Waals surface area contributed by atoms with Crippen LogP contribution in [0.3, 0.4) is 0 Å². The Labute approximate surface area is 147 Å². The maximum absolute atomic E-state index is 12.6. The Morgan fingerprint density at radius 2 is 1.80 bits per heavy atom. The molecule has 0 spiro atoms. The Morgan fingerprint density at radius 1 is 1.12 bits per heavy atom. The van der Waals surface area contributed by atoms with E-state index in [1.54, 1.807) is 12.1 Å². The molecule has 0 N–H and O–H groups in total. The van der Waals surface area contributed by atoms with Crippen LogP contribution in [0.5, 0.6) is 0 Å². The Balaban J connectivity index is 1.38. The molecule has 0 amide bonds. The fourth-order valence-electron chi connectivity index (χ4n) is 5.22. The van der Waals surface area contributed by atoms with Crippen LogP contribution in [-0.2, 0) is 21.9 Å². The summed E-state index contributed by atoms with van der Waals surface area (Å²) in [4.78, 5) is 0. The molecule has 3 saturated carbocycles. The lowest BCUT2D eigenvalue weighted by molar-refractivity contribution is -0.199. The average Bonchev–Trinajstić information content (AvgIpc) is 2.88. The lowest BCUT2D eigenvalue weighted by Crippen LogP contribution is -2.65. The third-order valence-electron chi connectivity index (χ3n) is 6.95. The largest absolute Gasteiger partial charge is 0.457 e. The van der Waals surface area contributed by atoms with Gasteiger partial charge in [-0.05, 0) is 67.5 Å². The van der Waals surface area contributed by atoms with Gasteiger partial charge in [-0.3, -0.25) is 0 Å². The molecule has 1 aromatic carbocycles. The fraction of sp³-hybridized carbons (Fsp3) is 0.684. The van der Waals surface area contributed by atoms with Crippen LogP contribution in [-0.4, -0.2) is 18.8 Å². The van der Waals surface area contributed by atoms with E-state index in [1.807, 2.05) is 0 Å². The molecule has 4 aliphatic rings. The number of hydrogen-bond acceptors (Lipinski definition) is 2. The molecule has 3 aliphatic carbocycles. The molecule has 0 aromatic heterocycles. The number of benzene rings is 1. The second-order valence-electron chi connectivity index (χ2n) is 8.63. The first-order valence-corrected chi connectivity index (χ1v) is 9.10. The molecule has 6 heteroatoms. The highest BCUT2D eigenvalue weighted by Gasteiger charge is 2.67. The van der Waals surface area contributed by atoms with Gasteiger partial charge in [0.05, 0.1) is 17.3 Å². The third-order valence-corrected chi connectivity index (χ3v) is 6.95. The summed E-state index contributed by atoms with van der Waals surface area (Å²) in [7, 11) is -0.257. The molecule has 2 nitrogen and oxygen atoms in total. The van der Waals surface area contributed by atoms with Gasteiger partial charge in [-0.2, -0.15) is 13.2 Å². The van der Waals surface area contributed by atoms with Gasteiger partial charge < -0.3 is 9.31 Å². The second-order valence-corrected chi connectivity index (χ2v) is 8.63. The third kappa shape index (κ3) is 2.72. The number of hydrogen-bond donors (Lipinski definition) is 0. The van der Waals surface area contributed by atoms with E-state index in [2.05, 4.69) is 20.8 Å². The monoisotopic (exact) mass is 352 g/mol. The standard InChI is InChI=1S/C19H24BF3O2/c1-17(2)14-10-15(17)18(3)16(11-14)24-20(25-18)9-8-12-4-6-13(7-5-12)19(21,22)23/h4-7,14-16H,8-11H2,1-3H3/t14?,15?,16?,18-/m0/s1. The maximum atomic E-state index is 12.6. The Morgan fingerprint density at radius 3 is 2.40 bits per heavy atom. The van der Waals surface area contributed by atoms with Crippen LogP contribution in [0, 0.1) is 17.3 Å². The molecule has 2 bridgehead atoms. The van der Waals surface area contributed by atoms with Gasteiger partial charge in [0.25, 0.3) is 0 Å². The van der Waals surface area contributed by atoms with Crippen LogP contribution < -0.4 is 0 Å². The first-order chi connectivity index (χ1) is 11.6. The smallest absolute Gasteiger partial charge is 0.405 e. The molecule has 25 heavy (non-hydrogen) atoms. The van der Waals surface area contributed by atoms with Gasteiger partial charge in [-0.1, -0.05) is 26.0 Å². The van der Waals surface area contributed by atoms with Crippen LogP contribution in [0.2, 0.25) is 6.32 Å². The average molecular weight is 352 g/mol. The van der Waals surface area contributed by atoms with E-state index in [1.165, 1.54) is 6.42 Å². The summed E-state index contributed by atoms with van der Waals surface area (Å²) in [6.45, 7) is 6.83. The highest BCUT2D eigenvalue weighted by Crippen LogP contribution is 2.65. The zero-order chi connectivity index (χ0) is 18.0. The summed E-state index contributed by atoms with van der Waals surface area (Å²) < 4.78 is 50.4. The molecular formula is C19H24BF3O2. The zero-order valence-electron chi connectivity index (χ0n) is 14.9. The normalized spacial score (nSPS) is 36.1. The van der Waals surface area contributed by atoms with Crippen molar-refractivity contribution in [3.05, 3.63) is 35.4 Å². The van der Waals surface area contributed by atoms with E-state index in [0.717, 1.165) is 24.1 Å². The maximum Gasteiger partial charge on any atom is 0.457 e. The van der Waals surface area contributed by atoms with Crippen molar-refractivity contribution < 1.29 is 22.5 Å². The summed E-state index contributed by atoms with van der Waals surface area (Å²) in [5, 5.41) is 0. The van der Waals surface area contributed by atoms with Crippen LogP contribution in [0.4, 0.5) is 13.2 Å². The molecule has 1 aliphatic heterocycles. The van der Waals surface area contributed by atoms with Crippen molar-refractivity contribution >= 4 is 7.12 Å². The van der Waals surface area contributed by atoms with Crippen LogP contribution in [0.15, 0.2) is 24.3 Å². The highest BCUT2D eigenvalue weighted by atomic mass is 19.4. The van der Waals surface area contributed by atoms with E-state index in [0.29, 0.717) is 30.0 Å². The van der Waals surface area contributed by atoms with Gasteiger partial charge in [0.2, 0.25) is 0 Å². The molecule has 136 valence electrons. The van der Waals surface area contributed by atoms with Crippen molar-refractivity contribution in [2.45, 2.75) is 64.2 Å². The fourth-order valence-corrected chi connectivity index (χ4v) is 5.22. The Kier molecular flexibility index (Phi) is 3.83. The van der Waals surface area contributed by atoms with Gasteiger partial charge in [-0.15, -0.1) is 0 Å². The molecule has 0 radical (unpaired) electrons. The first kappa shape index (κ1) is 17.4. The van der Waals surface area contributed by atoms with Crippen molar-refractivity contribution in [2.24, 2.45) is 17.3 Å². The number of rotatable bonds is 3. The highest BCUT2D eigenvalue weighted by molar-refractivity contribution is 6.45. The summed E-state index contributed by atoms with van der Waals surface area (Å²) in [6, 6.07) is 5.38. The van der Waals surface area contributed by atoms with E-state index in [9.17, 15) is 13.2 Å². The number of aryl methyl sites for hydroxylation is 1. The summed E-state index contributed by atoms with van der Waals surface area (Å²) in [6.07, 6.45) is -0.528. The van der Waals surface area contributed by atoms with Crippen molar-refractivity contribution in [3.63, 3.8) is 0 Å². The van der Waals surface area contributed by atoms with Crippen molar-refractivity contribution in [1.29, 1.82) is 0 Å². The minimum absolute atomic E-state index is 0.155. The van der Waals surface area contributed by atoms with E-state index in [-0.39, 0.29) is 18.8 Å². The molecule has 1 aromatic rings. The minimum Gasteiger partial charge on any atom is -0.405 e. The van der Waals surface area contributed by atoms with Crippen molar-refractivity contribution in [1.82, 2.24) is 0 Å². The van der Waals surface area contributed by atoms with Gasteiger partial charge in [0, 0.05) is 0 Å². The van der Waals surface area contributed by atoms with Crippen LogP contribution >= 0.6 is 0 Å². The topological polar surface area (TPSA) is 18.5 Å². The van der Waals surface area contributed by atoms with E-state index in [4.69, 9.17) is 9.31 Å². The summed E-state index contributed by atoms with van der Waals surface area (Å²) >= 11 is 0. The second kappa shape index (κ2) is 5.49. The minimum atomic E-state index is -4.28. The predicted octanol–water partition coefficient (Wildman–Crippen LogP) is 4.98. The van der Waals surface area contributed by atoms with Gasteiger partial charge in [-0.25, -0.2) is 0 Å². The number of halogens is 3.